The molecule has 1 rings (SSSR count). The number of hydrogen-bond donors (Lipinski definition) is 1. The van der Waals surface area contributed by atoms with Gasteiger partial charge < -0.3 is 5.73 Å². The fourth-order valence-corrected chi connectivity index (χ4v) is 3.06. The molecule has 6 heteroatoms. The molecule has 0 saturated heterocycles. The molecular weight excluding hydrogens is 282 g/mol. The minimum Gasteiger partial charge on any atom is -0.368 e. The highest BCUT2D eigenvalue weighted by Gasteiger charge is 2.30. The van der Waals surface area contributed by atoms with Crippen LogP contribution in [0.2, 0.25) is 0 Å². The van der Waals surface area contributed by atoms with E-state index in [1.807, 2.05) is 0 Å². The topological polar surface area (TPSA) is 77.2 Å². The molecule has 0 fully saturated rings. The fourth-order valence-electron chi connectivity index (χ4n) is 1.14. The van der Waals surface area contributed by atoms with Gasteiger partial charge in [-0.25, -0.2) is 8.42 Å². The van der Waals surface area contributed by atoms with Crippen molar-refractivity contribution in [1.29, 1.82) is 0 Å². The Morgan fingerprint density at radius 3 is 2.40 bits per heavy atom. The van der Waals surface area contributed by atoms with Crippen molar-refractivity contribution in [2.45, 2.75) is 16.0 Å². The SMILES string of the molecule is Cc1ccccc1S(=O)(=O)C(Br)C(N)=O. The number of aryl methyl sites for hydroxylation is 1. The summed E-state index contributed by atoms with van der Waals surface area (Å²) in [6, 6.07) is 6.43. The Hall–Kier alpha value is -0.880. The van der Waals surface area contributed by atoms with Gasteiger partial charge in [-0.2, -0.15) is 0 Å². The molecule has 1 atom stereocenters. The molecule has 1 amide bonds. The summed E-state index contributed by atoms with van der Waals surface area (Å²) in [5.41, 5.74) is 5.53. The lowest BCUT2D eigenvalue weighted by Crippen LogP contribution is -2.31. The predicted octanol–water partition coefficient (Wildman–Crippen LogP) is 0.975. The summed E-state index contributed by atoms with van der Waals surface area (Å²) >= 11 is 2.77. The van der Waals surface area contributed by atoms with Crippen molar-refractivity contribution >= 4 is 31.7 Å². The molecule has 0 aromatic heterocycles. The number of primary amides is 1. The van der Waals surface area contributed by atoms with Crippen molar-refractivity contribution in [2.75, 3.05) is 0 Å². The van der Waals surface area contributed by atoms with E-state index in [-0.39, 0.29) is 4.90 Å². The molecule has 15 heavy (non-hydrogen) atoms. The van der Waals surface area contributed by atoms with E-state index in [0.29, 0.717) is 5.56 Å². The molecule has 0 aliphatic carbocycles. The number of nitrogens with two attached hydrogens (primary N) is 1. The normalized spacial score (nSPS) is 13.5. The quantitative estimate of drug-likeness (QED) is 0.843. The third-order valence-corrected chi connectivity index (χ3v) is 5.67. The molecule has 1 aromatic rings. The summed E-state index contributed by atoms with van der Waals surface area (Å²) in [4.78, 5) is 10.9. The average molecular weight is 292 g/mol. The lowest BCUT2D eigenvalue weighted by Gasteiger charge is -2.09. The van der Waals surface area contributed by atoms with Crippen LogP contribution in [0.25, 0.3) is 0 Å². The van der Waals surface area contributed by atoms with Crippen LogP contribution in [0.1, 0.15) is 5.56 Å². The second-order valence-corrected chi connectivity index (χ2v) is 6.55. The first-order valence-electron chi connectivity index (χ1n) is 4.10. The molecule has 0 aliphatic heterocycles. The Morgan fingerprint density at radius 1 is 1.40 bits per heavy atom. The van der Waals surface area contributed by atoms with Gasteiger partial charge in [0.1, 0.15) is 0 Å². The highest BCUT2D eigenvalue weighted by atomic mass is 79.9. The van der Waals surface area contributed by atoms with Gasteiger partial charge in [-0.3, -0.25) is 4.79 Å². The summed E-state index contributed by atoms with van der Waals surface area (Å²) in [5.74, 6) is -0.918. The van der Waals surface area contributed by atoms with Crippen molar-refractivity contribution in [1.82, 2.24) is 0 Å². The van der Waals surface area contributed by atoms with Crippen molar-refractivity contribution in [3.63, 3.8) is 0 Å². The summed E-state index contributed by atoms with van der Waals surface area (Å²) in [6.45, 7) is 1.66. The van der Waals surface area contributed by atoms with Crippen molar-refractivity contribution < 1.29 is 13.2 Å². The minimum absolute atomic E-state index is 0.116. The monoisotopic (exact) mass is 291 g/mol. The zero-order valence-electron chi connectivity index (χ0n) is 7.98. The molecule has 0 bridgehead atoms. The largest absolute Gasteiger partial charge is 0.368 e. The van der Waals surface area contributed by atoms with Gasteiger partial charge in [0.25, 0.3) is 0 Å². The van der Waals surface area contributed by atoms with Gasteiger partial charge in [0, 0.05) is 0 Å². The molecule has 0 spiro atoms. The lowest BCUT2D eigenvalue weighted by atomic mass is 10.2. The zero-order chi connectivity index (χ0) is 11.6. The molecule has 1 aromatic carbocycles. The van der Waals surface area contributed by atoms with E-state index in [2.05, 4.69) is 15.9 Å². The van der Waals surface area contributed by atoms with Crippen LogP contribution in [0.5, 0.6) is 0 Å². The zero-order valence-corrected chi connectivity index (χ0v) is 10.4. The van der Waals surface area contributed by atoms with Crippen LogP contribution in [0.4, 0.5) is 0 Å². The molecule has 82 valence electrons. The van der Waals surface area contributed by atoms with Gasteiger partial charge in [-0.15, -0.1) is 0 Å². The Bertz CT molecular complexity index is 484. The van der Waals surface area contributed by atoms with E-state index in [0.717, 1.165) is 0 Å². The number of alkyl halides is 1. The second-order valence-electron chi connectivity index (χ2n) is 3.03. The van der Waals surface area contributed by atoms with Gasteiger partial charge in [0.15, 0.2) is 4.16 Å². The maximum absolute atomic E-state index is 11.8. The Kier molecular flexibility index (Phi) is 3.51. The van der Waals surface area contributed by atoms with Crippen molar-refractivity contribution in [3.05, 3.63) is 29.8 Å². The smallest absolute Gasteiger partial charge is 0.247 e. The first kappa shape index (κ1) is 12.2. The van der Waals surface area contributed by atoms with Gasteiger partial charge in [0.05, 0.1) is 4.90 Å². The Morgan fingerprint density at radius 2 is 1.93 bits per heavy atom. The van der Waals surface area contributed by atoms with Crippen molar-refractivity contribution in [3.8, 4) is 0 Å². The van der Waals surface area contributed by atoms with E-state index in [1.54, 1.807) is 25.1 Å². The summed E-state index contributed by atoms with van der Waals surface area (Å²) in [7, 11) is -3.73. The van der Waals surface area contributed by atoms with Crippen LogP contribution in [0.3, 0.4) is 0 Å². The first-order valence-corrected chi connectivity index (χ1v) is 6.56. The molecule has 0 heterocycles. The van der Waals surface area contributed by atoms with E-state index in [9.17, 15) is 13.2 Å². The van der Waals surface area contributed by atoms with E-state index >= 15 is 0 Å². The Balaban J connectivity index is 3.30. The molecule has 1 unspecified atom stereocenters. The van der Waals surface area contributed by atoms with E-state index < -0.39 is 19.9 Å². The third-order valence-electron chi connectivity index (χ3n) is 1.90. The number of carbonyl (C=O) groups is 1. The minimum atomic E-state index is -3.73. The number of benzene rings is 1. The van der Waals surface area contributed by atoms with Crippen LogP contribution < -0.4 is 5.73 Å². The second kappa shape index (κ2) is 4.32. The number of amides is 1. The van der Waals surface area contributed by atoms with E-state index in [1.165, 1.54) is 6.07 Å². The molecule has 0 radical (unpaired) electrons. The maximum atomic E-state index is 11.8. The van der Waals surface area contributed by atoms with Crippen LogP contribution in [-0.2, 0) is 14.6 Å². The molecule has 2 N–H and O–H groups in total. The van der Waals surface area contributed by atoms with Gasteiger partial charge in [-0.05, 0) is 18.6 Å². The van der Waals surface area contributed by atoms with Crippen LogP contribution in [0.15, 0.2) is 29.2 Å². The van der Waals surface area contributed by atoms with Crippen molar-refractivity contribution in [2.24, 2.45) is 5.73 Å². The lowest BCUT2D eigenvalue weighted by molar-refractivity contribution is -0.116. The van der Waals surface area contributed by atoms with Gasteiger partial charge >= 0.3 is 0 Å². The number of rotatable bonds is 3. The van der Waals surface area contributed by atoms with Gasteiger partial charge in [-0.1, -0.05) is 34.1 Å². The number of halogens is 1. The standard InChI is InChI=1S/C9H10BrNO3S/c1-6-4-2-3-5-7(6)15(13,14)8(10)9(11)12/h2-5,8H,1H3,(H2,11,12). The first-order chi connectivity index (χ1) is 6.87. The fraction of sp³-hybridized carbons (Fsp3) is 0.222. The van der Waals surface area contributed by atoms with E-state index in [4.69, 9.17) is 5.73 Å². The highest BCUT2D eigenvalue weighted by Crippen LogP contribution is 2.22. The number of hydrogen-bond acceptors (Lipinski definition) is 3. The number of carbonyl (C=O) groups excluding carboxylic acids is 1. The summed E-state index contributed by atoms with van der Waals surface area (Å²) < 4.78 is 22.3. The van der Waals surface area contributed by atoms with Gasteiger partial charge in [0.2, 0.25) is 15.7 Å². The highest BCUT2D eigenvalue weighted by molar-refractivity contribution is 9.11. The third kappa shape index (κ3) is 2.38. The summed E-state index contributed by atoms with van der Waals surface area (Å²) in [5, 5.41) is 0. The number of sulfone groups is 1. The summed E-state index contributed by atoms with van der Waals surface area (Å²) in [6.07, 6.45) is 0. The molecular formula is C9H10BrNO3S. The predicted molar refractivity (Wildman–Crippen MR) is 60.3 cm³/mol. The average Bonchev–Trinajstić information content (AvgIpc) is 2.16. The Labute approximate surface area is 96.5 Å². The van der Waals surface area contributed by atoms with Crippen LogP contribution >= 0.6 is 15.9 Å². The molecule has 4 nitrogen and oxygen atoms in total. The van der Waals surface area contributed by atoms with Crippen LogP contribution in [0, 0.1) is 6.92 Å². The molecule has 0 saturated carbocycles. The molecule has 0 aliphatic rings. The maximum Gasteiger partial charge on any atom is 0.247 e. The van der Waals surface area contributed by atoms with Crippen LogP contribution in [-0.4, -0.2) is 18.5 Å².